The number of nitrogens with one attached hydrogen (secondary N) is 4. The van der Waals surface area contributed by atoms with E-state index < -0.39 is 12.2 Å². The van der Waals surface area contributed by atoms with Crippen molar-refractivity contribution >= 4 is 28.6 Å². The number of benzene rings is 3. The highest BCUT2D eigenvalue weighted by atomic mass is 16.6. The van der Waals surface area contributed by atoms with Gasteiger partial charge in [-0.25, -0.2) is 4.79 Å². The summed E-state index contributed by atoms with van der Waals surface area (Å²) in [5, 5.41) is 31.1. The largest absolute Gasteiger partial charge is 0.506 e. The number of pyridine rings is 1. The zero-order valence-corrected chi connectivity index (χ0v) is 28.3. The summed E-state index contributed by atoms with van der Waals surface area (Å²) in [7, 11) is 0. The Kier molecular flexibility index (Phi) is 11.8. The van der Waals surface area contributed by atoms with Crippen molar-refractivity contribution in [2.45, 2.75) is 63.2 Å². The highest BCUT2D eigenvalue weighted by molar-refractivity contribution is 5.91. The quantitative estimate of drug-likeness (QED) is 0.118. The molecule has 6 rings (SSSR count). The predicted molar refractivity (Wildman–Crippen MR) is 194 cm³/mol. The van der Waals surface area contributed by atoms with E-state index in [1.807, 2.05) is 54.6 Å². The van der Waals surface area contributed by atoms with Crippen LogP contribution < -0.4 is 21.5 Å². The first-order chi connectivity index (χ1) is 24.3. The number of nitrogens with zero attached hydrogens (tertiary/aromatic N) is 1. The van der Waals surface area contributed by atoms with Crippen LogP contribution in [0.15, 0.2) is 83.7 Å². The average molecular weight is 682 g/mol. The van der Waals surface area contributed by atoms with Gasteiger partial charge in [0.15, 0.2) is 0 Å². The Hall–Kier alpha value is -4.71. The Morgan fingerprint density at radius 2 is 1.64 bits per heavy atom. The number of fused-ring (bicyclic) bond motifs is 1. The highest BCUT2D eigenvalue weighted by Gasteiger charge is 2.25. The Balaban J connectivity index is 0.844. The van der Waals surface area contributed by atoms with Crippen LogP contribution in [0.1, 0.15) is 56.6 Å². The normalized spacial score (nSPS) is 19.1. The topological polar surface area (TPSA) is 156 Å². The minimum Gasteiger partial charge on any atom is -0.506 e. The number of para-hydroxylation sites is 1. The van der Waals surface area contributed by atoms with Crippen molar-refractivity contribution in [3.05, 3.63) is 94.8 Å². The molecule has 0 bridgehead atoms. The summed E-state index contributed by atoms with van der Waals surface area (Å²) in [6.45, 7) is 3.37. The van der Waals surface area contributed by atoms with E-state index >= 15 is 0 Å². The van der Waals surface area contributed by atoms with Crippen LogP contribution in [-0.2, 0) is 9.53 Å². The number of carbonyl (C=O) groups is 2. The predicted octanol–water partition coefficient (Wildman–Crippen LogP) is 5.30. The summed E-state index contributed by atoms with van der Waals surface area (Å²) in [4.78, 5) is 42.1. The molecule has 4 aromatic rings. The fourth-order valence-electron chi connectivity index (χ4n) is 7.16. The molecule has 1 saturated carbocycles. The molecule has 0 spiro atoms. The molecule has 1 aromatic heterocycles. The van der Waals surface area contributed by atoms with Crippen molar-refractivity contribution in [2.24, 2.45) is 5.92 Å². The van der Waals surface area contributed by atoms with Gasteiger partial charge in [0, 0.05) is 55.7 Å². The lowest BCUT2D eigenvalue weighted by molar-refractivity contribution is -0.122. The van der Waals surface area contributed by atoms with E-state index in [9.17, 15) is 24.6 Å². The summed E-state index contributed by atoms with van der Waals surface area (Å²) >= 11 is 0. The molecule has 1 aliphatic carbocycles. The van der Waals surface area contributed by atoms with Crippen molar-refractivity contribution in [3.8, 4) is 16.9 Å². The van der Waals surface area contributed by atoms with Crippen molar-refractivity contribution in [1.82, 2.24) is 20.5 Å². The molecule has 2 heterocycles. The third-order valence-electron chi connectivity index (χ3n) is 9.96. The lowest BCUT2D eigenvalue weighted by atomic mass is 9.86. The van der Waals surface area contributed by atoms with E-state index in [1.54, 1.807) is 12.1 Å². The molecule has 6 N–H and O–H groups in total. The number of aromatic nitrogens is 1. The molecule has 1 aliphatic heterocycles. The van der Waals surface area contributed by atoms with E-state index in [0.29, 0.717) is 47.6 Å². The molecular weight excluding hydrogens is 634 g/mol. The number of phenols is 1. The van der Waals surface area contributed by atoms with Crippen molar-refractivity contribution in [3.63, 3.8) is 0 Å². The van der Waals surface area contributed by atoms with Crippen LogP contribution in [-0.4, -0.2) is 77.0 Å². The molecule has 11 heteroatoms. The van der Waals surface area contributed by atoms with Gasteiger partial charge in [0.25, 0.3) is 0 Å². The van der Waals surface area contributed by atoms with Gasteiger partial charge in [-0.1, -0.05) is 54.6 Å². The lowest BCUT2D eigenvalue weighted by Gasteiger charge is -2.32. The number of amides is 2. The highest BCUT2D eigenvalue weighted by Crippen LogP contribution is 2.30. The molecule has 264 valence electrons. The van der Waals surface area contributed by atoms with Gasteiger partial charge in [0.05, 0.1) is 17.3 Å². The number of hydrogen-bond acceptors (Lipinski definition) is 8. The van der Waals surface area contributed by atoms with Crippen LogP contribution in [0.2, 0.25) is 0 Å². The number of H-pyrrole nitrogens is 1. The van der Waals surface area contributed by atoms with E-state index in [4.69, 9.17) is 4.74 Å². The number of anilines is 1. The van der Waals surface area contributed by atoms with E-state index in [-0.39, 0.29) is 29.4 Å². The third-order valence-corrected chi connectivity index (χ3v) is 9.96. The fraction of sp³-hybridized carbons (Fsp3) is 0.410. The standard InChI is InChI=1S/C39H47N5O6/c45-34-16-14-31(32-15-17-36(47)43-38(32)34)35(46)25-40-24-26-10-12-28(13-11-26)41-37(48)20-23-44-21-18-29(19-22-44)50-39(49)42-33-9-5-4-8-30(33)27-6-2-1-3-7-27/h1-9,14-17,26,28-29,35,40,45-46H,10-13,18-25H2,(H,41,48)(H,42,49)(H,43,47)/t26?,28?,35-/m1/s1. The van der Waals surface area contributed by atoms with Crippen LogP contribution in [0.25, 0.3) is 22.0 Å². The third kappa shape index (κ3) is 9.29. The van der Waals surface area contributed by atoms with E-state index in [1.165, 1.54) is 12.1 Å². The second-order valence-electron chi connectivity index (χ2n) is 13.5. The smallest absolute Gasteiger partial charge is 0.411 e. The number of likely N-dealkylation sites (tertiary alicyclic amines) is 1. The summed E-state index contributed by atoms with van der Waals surface area (Å²) in [6, 6.07) is 24.0. The molecular formula is C39H47N5O6. The second-order valence-corrected chi connectivity index (χ2v) is 13.5. The summed E-state index contributed by atoms with van der Waals surface area (Å²) in [6.07, 6.45) is 4.37. The van der Waals surface area contributed by atoms with Gasteiger partial charge in [-0.2, -0.15) is 0 Å². The molecule has 2 aliphatic rings. The van der Waals surface area contributed by atoms with Crippen LogP contribution in [0.3, 0.4) is 0 Å². The van der Waals surface area contributed by atoms with E-state index in [2.05, 4.69) is 25.8 Å². The van der Waals surface area contributed by atoms with Gasteiger partial charge >= 0.3 is 6.09 Å². The number of aromatic amines is 1. The lowest BCUT2D eigenvalue weighted by Crippen LogP contribution is -2.42. The minimum atomic E-state index is -0.786. The van der Waals surface area contributed by atoms with Crippen LogP contribution >= 0.6 is 0 Å². The minimum absolute atomic E-state index is 0.0270. The second kappa shape index (κ2) is 16.8. The first kappa shape index (κ1) is 35.1. The van der Waals surface area contributed by atoms with E-state index in [0.717, 1.165) is 69.3 Å². The van der Waals surface area contributed by atoms with Crippen molar-refractivity contribution in [2.75, 3.05) is 38.0 Å². The average Bonchev–Trinajstić information content (AvgIpc) is 3.13. The number of aliphatic hydroxyl groups excluding tert-OH is 1. The molecule has 11 nitrogen and oxygen atoms in total. The maximum atomic E-state index is 12.8. The number of carbonyl (C=O) groups excluding carboxylic acids is 2. The van der Waals surface area contributed by atoms with Gasteiger partial charge in [0.2, 0.25) is 11.5 Å². The molecule has 2 fully saturated rings. The summed E-state index contributed by atoms with van der Waals surface area (Å²) < 4.78 is 5.76. The van der Waals surface area contributed by atoms with Gasteiger partial charge in [-0.05, 0) is 80.3 Å². The molecule has 1 saturated heterocycles. The van der Waals surface area contributed by atoms with Gasteiger partial charge in [-0.15, -0.1) is 0 Å². The Morgan fingerprint density at radius 1 is 0.900 bits per heavy atom. The van der Waals surface area contributed by atoms with Crippen LogP contribution in [0, 0.1) is 5.92 Å². The number of hydrogen-bond donors (Lipinski definition) is 6. The molecule has 50 heavy (non-hydrogen) atoms. The summed E-state index contributed by atoms with van der Waals surface area (Å²) in [5.41, 5.74) is 3.35. The maximum absolute atomic E-state index is 12.8. The van der Waals surface area contributed by atoms with Gasteiger partial charge < -0.3 is 35.5 Å². The number of ether oxygens (including phenoxy) is 1. The van der Waals surface area contributed by atoms with Gasteiger partial charge in [0.1, 0.15) is 11.9 Å². The van der Waals surface area contributed by atoms with Crippen molar-refractivity contribution < 1.29 is 24.5 Å². The zero-order valence-electron chi connectivity index (χ0n) is 28.3. The number of aliphatic hydroxyl groups is 1. The number of aromatic hydroxyl groups is 1. The Labute approximate surface area is 292 Å². The zero-order chi connectivity index (χ0) is 34.9. The SMILES string of the molecule is O=C(CCN1CCC(OC(=O)Nc2ccccc2-c2ccccc2)CC1)NC1CCC(CNC[C@@H](O)c2ccc(O)c3[nH]c(=O)ccc23)CC1. The molecule has 2 amide bonds. The number of piperidine rings is 1. The van der Waals surface area contributed by atoms with Crippen LogP contribution in [0.5, 0.6) is 5.75 Å². The van der Waals surface area contributed by atoms with Crippen LogP contribution in [0.4, 0.5) is 10.5 Å². The summed E-state index contributed by atoms with van der Waals surface area (Å²) in [5.74, 6) is 0.514. The number of rotatable bonds is 12. The molecule has 3 aromatic carbocycles. The molecule has 0 radical (unpaired) electrons. The van der Waals surface area contributed by atoms with Crippen molar-refractivity contribution in [1.29, 1.82) is 0 Å². The Morgan fingerprint density at radius 3 is 2.42 bits per heavy atom. The first-order valence-electron chi connectivity index (χ1n) is 17.7. The first-order valence-corrected chi connectivity index (χ1v) is 17.7. The molecule has 0 unspecified atom stereocenters. The Bertz CT molecular complexity index is 1800. The fourth-order valence-corrected chi connectivity index (χ4v) is 7.16. The van der Waals surface area contributed by atoms with Gasteiger partial charge in [-0.3, -0.25) is 14.9 Å². The monoisotopic (exact) mass is 681 g/mol. The maximum Gasteiger partial charge on any atom is 0.411 e. The number of phenolic OH excluding ortho intramolecular Hbond substituents is 1. The molecule has 1 atom stereocenters.